The van der Waals surface area contributed by atoms with Crippen LogP contribution >= 0.6 is 0 Å². The number of rotatable bonds is 1. The molecule has 2 nitrogen and oxygen atoms in total. The highest BCUT2D eigenvalue weighted by Gasteiger charge is 2.20. The summed E-state index contributed by atoms with van der Waals surface area (Å²) in [5.41, 5.74) is 0.373. The Bertz CT molecular complexity index is 366. The Morgan fingerprint density at radius 2 is 2.00 bits per heavy atom. The van der Waals surface area contributed by atoms with Crippen LogP contribution in [0, 0.1) is 5.82 Å². The van der Waals surface area contributed by atoms with Gasteiger partial charge in [0, 0.05) is 17.2 Å². The highest BCUT2D eigenvalue weighted by atomic mass is 19.1. The van der Waals surface area contributed by atoms with Crippen molar-refractivity contribution < 1.29 is 9.18 Å². The van der Waals surface area contributed by atoms with Crippen LogP contribution < -0.4 is 0 Å². The lowest BCUT2D eigenvalue weighted by atomic mass is 9.91. The summed E-state index contributed by atoms with van der Waals surface area (Å²) in [5.74, 6) is -0.581. The number of ketones is 1. The monoisotopic (exact) mass is 195 g/mol. The van der Waals surface area contributed by atoms with Crippen LogP contribution in [0.4, 0.5) is 4.39 Å². The molecule has 3 heteroatoms. The quantitative estimate of drug-likeness (QED) is 0.645. The normalized spacial score (nSPS) is 11.5. The molecule has 0 spiro atoms. The number of aromatic nitrogens is 1. The number of hydrogen-bond donors (Lipinski definition) is 0. The predicted octanol–water partition coefficient (Wildman–Crippen LogP) is 2.72. The topological polar surface area (TPSA) is 30.0 Å². The molecular weight excluding hydrogens is 181 g/mol. The van der Waals surface area contributed by atoms with Crippen molar-refractivity contribution in [1.29, 1.82) is 0 Å². The molecule has 1 heterocycles. The molecule has 1 rings (SSSR count). The van der Waals surface area contributed by atoms with E-state index >= 15 is 0 Å². The molecule has 1 aromatic heterocycles. The second-order valence-corrected chi connectivity index (χ2v) is 4.36. The molecule has 0 fully saturated rings. The van der Waals surface area contributed by atoms with E-state index in [-0.39, 0.29) is 11.2 Å². The van der Waals surface area contributed by atoms with Crippen LogP contribution in [0.1, 0.15) is 43.7 Å². The molecule has 0 bridgehead atoms. The molecule has 76 valence electrons. The van der Waals surface area contributed by atoms with Gasteiger partial charge in [0.1, 0.15) is 5.82 Å². The second kappa shape index (κ2) is 3.48. The number of hydrogen-bond acceptors (Lipinski definition) is 2. The van der Waals surface area contributed by atoms with Crippen LogP contribution in [0.5, 0.6) is 0 Å². The first-order valence-electron chi connectivity index (χ1n) is 4.49. The fourth-order valence-electron chi connectivity index (χ4n) is 1.18. The van der Waals surface area contributed by atoms with Crippen molar-refractivity contribution >= 4 is 5.78 Å². The lowest BCUT2D eigenvalue weighted by Gasteiger charge is -2.18. The van der Waals surface area contributed by atoms with E-state index in [2.05, 4.69) is 4.98 Å². The summed E-state index contributed by atoms with van der Waals surface area (Å²) in [6.07, 6.45) is 1.42. The van der Waals surface area contributed by atoms with Gasteiger partial charge in [-0.25, -0.2) is 4.39 Å². The molecule has 0 amide bonds. The van der Waals surface area contributed by atoms with Gasteiger partial charge in [0.05, 0.1) is 5.69 Å². The van der Waals surface area contributed by atoms with Crippen molar-refractivity contribution in [3.63, 3.8) is 0 Å². The Hall–Kier alpha value is -1.25. The fraction of sp³-hybridized carbons (Fsp3) is 0.455. The molecule has 0 aromatic carbocycles. The average Bonchev–Trinajstić information content (AvgIpc) is 2.01. The van der Waals surface area contributed by atoms with Crippen molar-refractivity contribution in [1.82, 2.24) is 4.98 Å². The number of carbonyl (C=O) groups excluding carboxylic acids is 1. The largest absolute Gasteiger partial charge is 0.294 e. The van der Waals surface area contributed by atoms with Crippen LogP contribution in [0.3, 0.4) is 0 Å². The maximum absolute atomic E-state index is 13.5. The molecule has 0 aliphatic rings. The minimum absolute atomic E-state index is 0.170. The van der Waals surface area contributed by atoms with E-state index in [0.717, 1.165) is 0 Å². The van der Waals surface area contributed by atoms with E-state index in [1.807, 2.05) is 20.8 Å². The van der Waals surface area contributed by atoms with E-state index in [0.29, 0.717) is 11.3 Å². The Balaban J connectivity index is 3.21. The zero-order chi connectivity index (χ0) is 10.9. The summed E-state index contributed by atoms with van der Waals surface area (Å²) in [7, 11) is 0. The van der Waals surface area contributed by atoms with Gasteiger partial charge >= 0.3 is 0 Å². The molecule has 0 aliphatic carbocycles. The molecule has 14 heavy (non-hydrogen) atoms. The SMILES string of the molecule is CC(=O)c1cnc(C(C)(C)C)c(F)c1. The van der Waals surface area contributed by atoms with Gasteiger partial charge in [0.15, 0.2) is 5.78 Å². The van der Waals surface area contributed by atoms with Crippen LogP contribution in [-0.4, -0.2) is 10.8 Å². The number of Topliss-reactive ketones (excluding diaryl/α,β-unsaturated/α-hetero) is 1. The minimum Gasteiger partial charge on any atom is -0.294 e. The lowest BCUT2D eigenvalue weighted by molar-refractivity contribution is 0.101. The number of halogens is 1. The summed E-state index contributed by atoms with van der Waals surface area (Å²) in [4.78, 5) is 14.9. The standard InChI is InChI=1S/C11H14FNO/c1-7(14)8-5-9(12)10(13-6-8)11(2,3)4/h5-6H,1-4H3. The first kappa shape index (κ1) is 10.8. The van der Waals surface area contributed by atoms with Crippen molar-refractivity contribution in [2.24, 2.45) is 0 Å². The van der Waals surface area contributed by atoms with E-state index in [9.17, 15) is 9.18 Å². The Morgan fingerprint density at radius 3 is 2.36 bits per heavy atom. The number of pyridine rings is 1. The van der Waals surface area contributed by atoms with Crippen LogP contribution in [-0.2, 0) is 5.41 Å². The second-order valence-electron chi connectivity index (χ2n) is 4.36. The van der Waals surface area contributed by atoms with Crippen molar-refractivity contribution in [2.45, 2.75) is 33.1 Å². The minimum atomic E-state index is -0.412. The van der Waals surface area contributed by atoms with Gasteiger partial charge < -0.3 is 0 Å². The van der Waals surface area contributed by atoms with Gasteiger partial charge in [0.2, 0.25) is 0 Å². The Kier molecular flexibility index (Phi) is 2.69. The third-order valence-electron chi connectivity index (χ3n) is 1.96. The summed E-state index contributed by atoms with van der Waals surface area (Å²) < 4.78 is 13.5. The zero-order valence-electron chi connectivity index (χ0n) is 8.89. The molecule has 0 aliphatic heterocycles. The third-order valence-corrected chi connectivity index (χ3v) is 1.96. The van der Waals surface area contributed by atoms with E-state index < -0.39 is 5.82 Å². The maximum Gasteiger partial charge on any atom is 0.161 e. The van der Waals surface area contributed by atoms with E-state index in [1.165, 1.54) is 19.2 Å². The lowest BCUT2D eigenvalue weighted by Crippen LogP contribution is -2.16. The maximum atomic E-state index is 13.5. The van der Waals surface area contributed by atoms with Crippen LogP contribution in [0.2, 0.25) is 0 Å². The summed E-state index contributed by atoms with van der Waals surface area (Å²) >= 11 is 0. The Labute approximate surface area is 83.2 Å². The van der Waals surface area contributed by atoms with Crippen molar-refractivity contribution in [3.8, 4) is 0 Å². The molecule has 0 atom stereocenters. The van der Waals surface area contributed by atoms with Gasteiger partial charge in [-0.2, -0.15) is 0 Å². The molecule has 0 saturated carbocycles. The number of nitrogens with zero attached hydrogens (tertiary/aromatic N) is 1. The highest BCUT2D eigenvalue weighted by Crippen LogP contribution is 2.23. The van der Waals surface area contributed by atoms with E-state index in [4.69, 9.17) is 0 Å². The van der Waals surface area contributed by atoms with Crippen LogP contribution in [0.25, 0.3) is 0 Å². The zero-order valence-corrected chi connectivity index (χ0v) is 8.89. The molecule has 1 aromatic rings. The van der Waals surface area contributed by atoms with Gasteiger partial charge in [-0.3, -0.25) is 9.78 Å². The smallest absolute Gasteiger partial charge is 0.161 e. The first-order valence-corrected chi connectivity index (χ1v) is 4.49. The summed E-state index contributed by atoms with van der Waals surface area (Å²) in [5, 5.41) is 0. The van der Waals surface area contributed by atoms with Gasteiger partial charge in [-0.05, 0) is 13.0 Å². The summed E-state index contributed by atoms with van der Waals surface area (Å²) in [6.45, 7) is 7.04. The molecule has 0 radical (unpaired) electrons. The number of carbonyl (C=O) groups is 1. The molecular formula is C11H14FNO. The predicted molar refractivity (Wildman–Crippen MR) is 52.9 cm³/mol. The third kappa shape index (κ3) is 2.16. The molecule has 0 N–H and O–H groups in total. The van der Waals surface area contributed by atoms with Crippen molar-refractivity contribution in [3.05, 3.63) is 29.3 Å². The Morgan fingerprint density at radius 1 is 1.43 bits per heavy atom. The van der Waals surface area contributed by atoms with Gasteiger partial charge in [-0.15, -0.1) is 0 Å². The van der Waals surface area contributed by atoms with Crippen LogP contribution in [0.15, 0.2) is 12.3 Å². The summed E-state index contributed by atoms with van der Waals surface area (Å²) in [6, 6.07) is 1.25. The molecule has 0 unspecified atom stereocenters. The first-order chi connectivity index (χ1) is 6.32. The highest BCUT2D eigenvalue weighted by molar-refractivity contribution is 5.93. The fourth-order valence-corrected chi connectivity index (χ4v) is 1.18. The van der Waals surface area contributed by atoms with Gasteiger partial charge in [0.25, 0.3) is 0 Å². The molecule has 0 saturated heterocycles. The van der Waals surface area contributed by atoms with Crippen molar-refractivity contribution in [2.75, 3.05) is 0 Å². The van der Waals surface area contributed by atoms with E-state index in [1.54, 1.807) is 0 Å². The average molecular weight is 195 g/mol. The van der Waals surface area contributed by atoms with Gasteiger partial charge in [-0.1, -0.05) is 20.8 Å².